The van der Waals surface area contributed by atoms with Crippen LogP contribution in [-0.2, 0) is 19.4 Å². The standard InChI is InChI=1S/C13H15FO5S/c1-19-13(16)9-20(17,18)8-2-3-12(15)10-4-6-11(14)7-5-10/h4-7H,2-3,8-9H2,1H3. The number of ketones is 1. The molecule has 0 saturated carbocycles. The average Bonchev–Trinajstić information content (AvgIpc) is 2.38. The van der Waals surface area contributed by atoms with Crippen molar-refractivity contribution >= 4 is 21.6 Å². The highest BCUT2D eigenvalue weighted by Crippen LogP contribution is 2.08. The topological polar surface area (TPSA) is 77.5 Å². The lowest BCUT2D eigenvalue weighted by Gasteiger charge is -2.03. The third-order valence-corrected chi connectivity index (χ3v) is 4.18. The molecule has 0 amide bonds. The Kier molecular flexibility index (Phi) is 5.82. The first kappa shape index (κ1) is 16.3. The zero-order chi connectivity index (χ0) is 15.2. The van der Waals surface area contributed by atoms with Gasteiger partial charge in [0.2, 0.25) is 0 Å². The lowest BCUT2D eigenvalue weighted by Crippen LogP contribution is -2.20. The van der Waals surface area contributed by atoms with Crippen LogP contribution < -0.4 is 0 Å². The molecule has 0 unspecified atom stereocenters. The number of hydrogen-bond donors (Lipinski definition) is 0. The van der Waals surface area contributed by atoms with Crippen molar-refractivity contribution in [1.82, 2.24) is 0 Å². The largest absolute Gasteiger partial charge is 0.468 e. The fourth-order valence-corrected chi connectivity index (χ4v) is 2.75. The Labute approximate surface area is 116 Å². The SMILES string of the molecule is COC(=O)CS(=O)(=O)CCCC(=O)c1ccc(F)cc1. The van der Waals surface area contributed by atoms with Crippen LogP contribution in [0.15, 0.2) is 24.3 Å². The van der Waals surface area contributed by atoms with Crippen molar-refractivity contribution in [2.45, 2.75) is 12.8 Å². The number of ether oxygens (including phenoxy) is 1. The first-order chi connectivity index (χ1) is 9.34. The summed E-state index contributed by atoms with van der Waals surface area (Å²) in [7, 11) is -2.46. The molecule has 1 rings (SSSR count). The van der Waals surface area contributed by atoms with E-state index >= 15 is 0 Å². The van der Waals surface area contributed by atoms with E-state index in [4.69, 9.17) is 0 Å². The Morgan fingerprint density at radius 1 is 1.20 bits per heavy atom. The normalized spacial score (nSPS) is 11.1. The number of halogens is 1. The molecular weight excluding hydrogens is 287 g/mol. The van der Waals surface area contributed by atoms with E-state index in [2.05, 4.69) is 4.74 Å². The summed E-state index contributed by atoms with van der Waals surface area (Å²) < 4.78 is 40.0. The maximum Gasteiger partial charge on any atom is 0.320 e. The molecular formula is C13H15FO5S. The summed E-state index contributed by atoms with van der Waals surface area (Å²) in [6.45, 7) is 0. The zero-order valence-electron chi connectivity index (χ0n) is 11.0. The molecule has 1 aromatic carbocycles. The molecule has 0 bridgehead atoms. The zero-order valence-corrected chi connectivity index (χ0v) is 11.8. The predicted octanol–water partition coefficient (Wildman–Crippen LogP) is 1.38. The van der Waals surface area contributed by atoms with Crippen molar-refractivity contribution in [1.29, 1.82) is 0 Å². The molecule has 1 aromatic rings. The minimum atomic E-state index is -3.56. The molecule has 7 heteroatoms. The summed E-state index contributed by atoms with van der Waals surface area (Å²) in [5.74, 6) is -2.49. The molecule has 20 heavy (non-hydrogen) atoms. The van der Waals surface area contributed by atoms with Gasteiger partial charge in [-0.2, -0.15) is 0 Å². The minimum absolute atomic E-state index is 0.0199. The summed E-state index contributed by atoms with van der Waals surface area (Å²) in [5.41, 5.74) is 0.330. The first-order valence-corrected chi connectivity index (χ1v) is 7.72. The third-order valence-electron chi connectivity index (χ3n) is 2.59. The highest BCUT2D eigenvalue weighted by molar-refractivity contribution is 7.92. The Balaban J connectivity index is 2.46. The first-order valence-electron chi connectivity index (χ1n) is 5.90. The van der Waals surface area contributed by atoms with Crippen LogP contribution in [0.4, 0.5) is 4.39 Å². The van der Waals surface area contributed by atoms with E-state index < -0.39 is 27.4 Å². The highest BCUT2D eigenvalue weighted by Gasteiger charge is 2.17. The van der Waals surface area contributed by atoms with Crippen LogP contribution in [-0.4, -0.2) is 38.8 Å². The molecule has 0 aliphatic rings. The second-order valence-corrected chi connectivity index (χ2v) is 6.39. The van der Waals surface area contributed by atoms with Crippen LogP contribution in [0.25, 0.3) is 0 Å². The lowest BCUT2D eigenvalue weighted by molar-refractivity contribution is -0.137. The van der Waals surface area contributed by atoms with Gasteiger partial charge in [-0.15, -0.1) is 0 Å². The predicted molar refractivity (Wildman–Crippen MR) is 70.6 cm³/mol. The summed E-state index contributed by atoms with van der Waals surface area (Å²) in [6.07, 6.45) is 0.127. The van der Waals surface area contributed by atoms with Gasteiger partial charge in [-0.25, -0.2) is 12.8 Å². The summed E-state index contributed by atoms with van der Waals surface area (Å²) >= 11 is 0. The van der Waals surface area contributed by atoms with E-state index in [1.807, 2.05) is 0 Å². The molecule has 110 valence electrons. The van der Waals surface area contributed by atoms with Crippen molar-refractivity contribution in [3.8, 4) is 0 Å². The summed E-state index contributed by atoms with van der Waals surface area (Å²) in [4.78, 5) is 22.6. The van der Waals surface area contributed by atoms with Gasteiger partial charge in [0.25, 0.3) is 0 Å². The van der Waals surface area contributed by atoms with Crippen LogP contribution in [0.3, 0.4) is 0 Å². The van der Waals surface area contributed by atoms with Gasteiger partial charge in [0, 0.05) is 12.0 Å². The van der Waals surface area contributed by atoms with Gasteiger partial charge >= 0.3 is 5.97 Å². The number of hydrogen-bond acceptors (Lipinski definition) is 5. The van der Waals surface area contributed by atoms with Crippen LogP contribution >= 0.6 is 0 Å². The van der Waals surface area contributed by atoms with Crippen LogP contribution in [0.1, 0.15) is 23.2 Å². The Morgan fingerprint density at radius 3 is 2.35 bits per heavy atom. The van der Waals surface area contributed by atoms with Crippen LogP contribution in [0, 0.1) is 5.82 Å². The van der Waals surface area contributed by atoms with Gasteiger partial charge in [-0.3, -0.25) is 9.59 Å². The van der Waals surface area contributed by atoms with Crippen LogP contribution in [0.2, 0.25) is 0 Å². The second-order valence-electron chi connectivity index (χ2n) is 4.20. The molecule has 0 heterocycles. The molecule has 0 aromatic heterocycles. The van der Waals surface area contributed by atoms with Gasteiger partial charge in [0.05, 0.1) is 12.9 Å². The lowest BCUT2D eigenvalue weighted by atomic mass is 10.1. The van der Waals surface area contributed by atoms with Gasteiger partial charge < -0.3 is 4.74 Å². The molecule has 0 aliphatic heterocycles. The van der Waals surface area contributed by atoms with Gasteiger partial charge in [0.1, 0.15) is 11.6 Å². The number of methoxy groups -OCH3 is 1. The summed E-state index contributed by atoms with van der Waals surface area (Å²) in [6, 6.07) is 5.03. The van der Waals surface area contributed by atoms with Crippen molar-refractivity contribution in [2.24, 2.45) is 0 Å². The van der Waals surface area contributed by atoms with E-state index in [0.29, 0.717) is 5.56 Å². The van der Waals surface area contributed by atoms with Crippen molar-refractivity contribution in [3.63, 3.8) is 0 Å². The number of carbonyl (C=O) groups excluding carboxylic acids is 2. The molecule has 0 aliphatic carbocycles. The van der Waals surface area contributed by atoms with Crippen molar-refractivity contribution in [3.05, 3.63) is 35.6 Å². The smallest absolute Gasteiger partial charge is 0.320 e. The maximum absolute atomic E-state index is 12.7. The number of rotatable bonds is 7. The fourth-order valence-electron chi connectivity index (χ4n) is 1.54. The quantitative estimate of drug-likeness (QED) is 0.561. The molecule has 0 fully saturated rings. The number of carbonyl (C=O) groups is 2. The van der Waals surface area contributed by atoms with Gasteiger partial charge in [-0.1, -0.05) is 0 Å². The number of benzene rings is 1. The molecule has 0 atom stereocenters. The number of sulfone groups is 1. The monoisotopic (exact) mass is 302 g/mol. The molecule has 0 N–H and O–H groups in total. The van der Waals surface area contributed by atoms with E-state index in [-0.39, 0.29) is 24.4 Å². The molecule has 0 saturated heterocycles. The van der Waals surface area contributed by atoms with E-state index in [9.17, 15) is 22.4 Å². The second kappa shape index (κ2) is 7.14. The Bertz CT molecular complexity index is 577. The Morgan fingerprint density at radius 2 is 1.80 bits per heavy atom. The van der Waals surface area contributed by atoms with Gasteiger partial charge in [0.15, 0.2) is 15.6 Å². The number of esters is 1. The van der Waals surface area contributed by atoms with E-state index in [1.165, 1.54) is 24.3 Å². The highest BCUT2D eigenvalue weighted by atomic mass is 32.2. The minimum Gasteiger partial charge on any atom is -0.468 e. The van der Waals surface area contributed by atoms with Crippen LogP contribution in [0.5, 0.6) is 0 Å². The molecule has 5 nitrogen and oxygen atoms in total. The molecule has 0 radical (unpaired) electrons. The number of Topliss-reactive ketones (excluding diaryl/α,β-unsaturated/α-hetero) is 1. The average molecular weight is 302 g/mol. The summed E-state index contributed by atoms with van der Waals surface area (Å²) in [5, 5.41) is 0. The van der Waals surface area contributed by atoms with E-state index in [0.717, 1.165) is 7.11 Å². The third kappa shape index (κ3) is 5.48. The maximum atomic E-state index is 12.7. The van der Waals surface area contributed by atoms with Crippen molar-refractivity contribution < 1.29 is 27.1 Å². The fraction of sp³-hybridized carbons (Fsp3) is 0.385. The van der Waals surface area contributed by atoms with Gasteiger partial charge in [-0.05, 0) is 30.7 Å². The molecule has 0 spiro atoms. The van der Waals surface area contributed by atoms with Crippen molar-refractivity contribution in [2.75, 3.05) is 18.6 Å². The Hall–Kier alpha value is -1.76. The van der Waals surface area contributed by atoms with E-state index in [1.54, 1.807) is 0 Å².